The van der Waals surface area contributed by atoms with E-state index >= 15 is 0 Å². The van der Waals surface area contributed by atoms with E-state index in [-0.39, 0.29) is 11.8 Å². The van der Waals surface area contributed by atoms with Gasteiger partial charge in [-0.1, -0.05) is 48.5 Å². The molecule has 2 aromatic carbocycles. The Balaban J connectivity index is 1.40. The predicted octanol–water partition coefficient (Wildman–Crippen LogP) is 5.51. The Bertz CT molecular complexity index is 1490. The summed E-state index contributed by atoms with van der Waals surface area (Å²) < 4.78 is 5.75. The number of furan rings is 1. The maximum atomic E-state index is 13.3. The molecular formula is C26H20N4O3S. The molecule has 0 aliphatic rings. The zero-order valence-corrected chi connectivity index (χ0v) is 19.1. The summed E-state index contributed by atoms with van der Waals surface area (Å²) in [5.41, 5.74) is 3.55. The molecule has 0 bridgehead atoms. The number of amides is 2. The van der Waals surface area contributed by atoms with Crippen LogP contribution in [-0.4, -0.2) is 21.8 Å². The maximum absolute atomic E-state index is 13.3. The minimum absolute atomic E-state index is 0.129. The lowest BCUT2D eigenvalue weighted by molar-refractivity contribution is -0.119. The lowest BCUT2D eigenvalue weighted by Gasteiger charge is -2.09. The van der Waals surface area contributed by atoms with E-state index in [2.05, 4.69) is 15.6 Å². The molecule has 3 heterocycles. The van der Waals surface area contributed by atoms with Gasteiger partial charge in [-0.15, -0.1) is 11.3 Å². The molecule has 7 nitrogen and oxygen atoms in total. The highest BCUT2D eigenvalue weighted by molar-refractivity contribution is 7.14. The third kappa shape index (κ3) is 4.57. The highest BCUT2D eigenvalue weighted by Crippen LogP contribution is 2.29. The van der Waals surface area contributed by atoms with Crippen LogP contribution in [0.4, 0.5) is 5.13 Å². The Morgan fingerprint density at radius 1 is 0.941 bits per heavy atom. The van der Waals surface area contributed by atoms with Crippen LogP contribution in [-0.2, 0) is 11.3 Å². The molecule has 0 aliphatic carbocycles. The molecule has 0 radical (unpaired) electrons. The molecule has 34 heavy (non-hydrogen) atoms. The molecule has 8 heteroatoms. The summed E-state index contributed by atoms with van der Waals surface area (Å²) in [6, 6.07) is 22.7. The van der Waals surface area contributed by atoms with Crippen molar-refractivity contribution in [3.63, 3.8) is 0 Å². The highest BCUT2D eigenvalue weighted by atomic mass is 32.1. The maximum Gasteiger partial charge on any atom is 0.258 e. The Labute approximate surface area is 199 Å². The normalized spacial score (nSPS) is 10.9. The molecule has 5 rings (SSSR count). The van der Waals surface area contributed by atoms with E-state index in [0.717, 1.165) is 22.2 Å². The first-order valence-electron chi connectivity index (χ1n) is 10.6. The van der Waals surface area contributed by atoms with Crippen molar-refractivity contribution in [2.24, 2.45) is 0 Å². The van der Waals surface area contributed by atoms with E-state index < -0.39 is 0 Å². The molecule has 0 saturated carbocycles. The van der Waals surface area contributed by atoms with Crippen LogP contribution in [0.3, 0.4) is 0 Å². The van der Waals surface area contributed by atoms with Gasteiger partial charge in [0.15, 0.2) is 10.9 Å². The second kappa shape index (κ2) is 9.29. The van der Waals surface area contributed by atoms with E-state index in [1.165, 1.54) is 18.3 Å². The molecule has 5 aromatic rings. The van der Waals surface area contributed by atoms with Crippen molar-refractivity contribution < 1.29 is 14.0 Å². The summed E-state index contributed by atoms with van der Waals surface area (Å²) in [4.78, 5) is 33.6. The van der Waals surface area contributed by atoms with Gasteiger partial charge in [0.1, 0.15) is 11.5 Å². The number of aromatic nitrogens is 2. The Morgan fingerprint density at radius 2 is 1.74 bits per heavy atom. The Morgan fingerprint density at radius 3 is 2.56 bits per heavy atom. The van der Waals surface area contributed by atoms with E-state index in [4.69, 9.17) is 9.40 Å². The number of hydrogen-bond acceptors (Lipinski definition) is 6. The number of anilines is 1. The lowest BCUT2D eigenvalue weighted by atomic mass is 10.0. The first-order valence-corrected chi connectivity index (χ1v) is 11.5. The van der Waals surface area contributed by atoms with Crippen molar-refractivity contribution in [2.45, 2.75) is 13.5 Å². The fourth-order valence-electron chi connectivity index (χ4n) is 3.55. The van der Waals surface area contributed by atoms with E-state index in [1.807, 2.05) is 66.0 Å². The number of carbonyl (C=O) groups excluding carboxylic acids is 2. The van der Waals surface area contributed by atoms with Gasteiger partial charge in [-0.05, 0) is 24.3 Å². The van der Waals surface area contributed by atoms with Crippen LogP contribution in [0.1, 0.15) is 23.0 Å². The fourth-order valence-corrected chi connectivity index (χ4v) is 4.25. The monoisotopic (exact) mass is 468 g/mol. The smallest absolute Gasteiger partial charge is 0.258 e. The van der Waals surface area contributed by atoms with Crippen LogP contribution >= 0.6 is 11.3 Å². The van der Waals surface area contributed by atoms with Crippen LogP contribution in [0.25, 0.3) is 33.6 Å². The number of pyridine rings is 1. The van der Waals surface area contributed by atoms with Gasteiger partial charge in [-0.25, -0.2) is 9.97 Å². The average molecular weight is 469 g/mol. The fraction of sp³-hybridized carbons (Fsp3) is 0.0769. The van der Waals surface area contributed by atoms with E-state index in [0.29, 0.717) is 34.5 Å². The van der Waals surface area contributed by atoms with Gasteiger partial charge in [-0.3, -0.25) is 14.9 Å². The predicted molar refractivity (Wildman–Crippen MR) is 132 cm³/mol. The first-order chi connectivity index (χ1) is 16.6. The topological polar surface area (TPSA) is 97.1 Å². The third-order valence-electron chi connectivity index (χ3n) is 5.18. The van der Waals surface area contributed by atoms with Gasteiger partial charge in [0, 0.05) is 23.3 Å². The molecule has 2 N–H and O–H groups in total. The standard InChI is InChI=1S/C26H20N4O3S/c1-16(31)27-14-18-11-12-24(33-18)23-15-34-26(29-23)30-25(32)20-13-22(17-7-3-2-4-8-17)28-21-10-6-5-9-19(20)21/h2-13,15H,14H2,1H3,(H,27,31)(H,29,30,32). The number of thiazole rings is 1. The molecule has 0 unspecified atom stereocenters. The quantitative estimate of drug-likeness (QED) is 0.343. The average Bonchev–Trinajstić information content (AvgIpc) is 3.52. The third-order valence-corrected chi connectivity index (χ3v) is 5.94. The summed E-state index contributed by atoms with van der Waals surface area (Å²) in [5.74, 6) is 0.802. The summed E-state index contributed by atoms with van der Waals surface area (Å²) in [5, 5.41) is 8.65. The van der Waals surface area contributed by atoms with Gasteiger partial charge in [-0.2, -0.15) is 0 Å². The number of hydrogen-bond donors (Lipinski definition) is 2. The van der Waals surface area contributed by atoms with Crippen LogP contribution < -0.4 is 10.6 Å². The molecule has 2 amide bonds. The number of nitrogens with one attached hydrogen (secondary N) is 2. The SMILES string of the molecule is CC(=O)NCc1ccc(-c2csc(NC(=O)c3cc(-c4ccccc4)nc4ccccc34)n2)o1. The molecule has 0 atom stereocenters. The summed E-state index contributed by atoms with van der Waals surface area (Å²) in [6.07, 6.45) is 0. The van der Waals surface area contributed by atoms with Gasteiger partial charge in [0.2, 0.25) is 5.91 Å². The lowest BCUT2D eigenvalue weighted by Crippen LogP contribution is -2.18. The van der Waals surface area contributed by atoms with Crippen LogP contribution in [0.5, 0.6) is 0 Å². The first kappa shape index (κ1) is 21.5. The van der Waals surface area contributed by atoms with Gasteiger partial charge < -0.3 is 9.73 Å². The molecule has 0 aliphatic heterocycles. The number of para-hydroxylation sites is 1. The minimum atomic E-state index is -0.262. The zero-order chi connectivity index (χ0) is 23.5. The van der Waals surface area contributed by atoms with Crippen molar-refractivity contribution in [1.82, 2.24) is 15.3 Å². The molecule has 168 valence electrons. The highest BCUT2D eigenvalue weighted by Gasteiger charge is 2.16. The number of fused-ring (bicyclic) bond motifs is 1. The van der Waals surface area contributed by atoms with Gasteiger partial charge in [0.25, 0.3) is 5.91 Å². The van der Waals surface area contributed by atoms with Gasteiger partial charge in [0.05, 0.1) is 23.3 Å². The second-order valence-corrected chi connectivity index (χ2v) is 8.46. The second-order valence-electron chi connectivity index (χ2n) is 7.61. The van der Waals surface area contributed by atoms with Crippen LogP contribution in [0.2, 0.25) is 0 Å². The summed E-state index contributed by atoms with van der Waals surface area (Å²) >= 11 is 1.31. The minimum Gasteiger partial charge on any atom is -0.458 e. The molecule has 0 spiro atoms. The molecule has 3 aromatic heterocycles. The summed E-state index contributed by atoms with van der Waals surface area (Å²) in [7, 11) is 0. The van der Waals surface area contributed by atoms with Crippen molar-refractivity contribution in [1.29, 1.82) is 0 Å². The van der Waals surface area contributed by atoms with Crippen molar-refractivity contribution in [3.05, 3.63) is 89.5 Å². The van der Waals surface area contributed by atoms with E-state index in [1.54, 1.807) is 12.1 Å². The number of carbonyl (C=O) groups is 2. The Kier molecular flexibility index (Phi) is 5.88. The number of rotatable bonds is 6. The van der Waals surface area contributed by atoms with Crippen LogP contribution in [0.15, 0.2) is 82.6 Å². The summed E-state index contributed by atoms with van der Waals surface area (Å²) in [6.45, 7) is 1.76. The van der Waals surface area contributed by atoms with Crippen LogP contribution in [0, 0.1) is 0 Å². The number of nitrogens with zero attached hydrogens (tertiary/aromatic N) is 2. The van der Waals surface area contributed by atoms with Gasteiger partial charge >= 0.3 is 0 Å². The number of benzene rings is 2. The zero-order valence-electron chi connectivity index (χ0n) is 18.2. The molecule has 0 fully saturated rings. The van der Waals surface area contributed by atoms with Crippen molar-refractivity contribution >= 4 is 39.2 Å². The van der Waals surface area contributed by atoms with Crippen molar-refractivity contribution in [3.8, 4) is 22.7 Å². The molecular weight excluding hydrogens is 448 g/mol. The molecule has 0 saturated heterocycles. The largest absolute Gasteiger partial charge is 0.458 e. The van der Waals surface area contributed by atoms with E-state index in [9.17, 15) is 9.59 Å². The Hall–Kier alpha value is -4.30. The van der Waals surface area contributed by atoms with Crippen molar-refractivity contribution in [2.75, 3.05) is 5.32 Å².